The molecule has 1 aromatic carbocycles. The van der Waals surface area contributed by atoms with Gasteiger partial charge in [0, 0.05) is 11.6 Å². The second-order valence-corrected chi connectivity index (χ2v) is 10.8. The molecule has 0 N–H and O–H groups in total. The number of aromatic nitrogens is 1. The second-order valence-electron chi connectivity index (χ2n) is 8.76. The van der Waals surface area contributed by atoms with E-state index in [0.29, 0.717) is 0 Å². The fourth-order valence-electron chi connectivity index (χ4n) is 2.76. The summed E-state index contributed by atoms with van der Waals surface area (Å²) in [6, 6.07) is 8.14. The molecule has 0 saturated heterocycles. The molecule has 25 heavy (non-hydrogen) atoms. The van der Waals surface area contributed by atoms with E-state index in [1.54, 1.807) is 10.8 Å². The predicted molar refractivity (Wildman–Crippen MR) is 104 cm³/mol. The number of hydrogen-bond acceptors (Lipinski definition) is 3. The quantitative estimate of drug-likeness (QED) is 0.651. The molecule has 1 aromatic heterocycles. The Hall–Kier alpha value is -1.59. The monoisotopic (exact) mass is 360 g/mol. The number of fused-ring (bicyclic) bond motifs is 1. The van der Waals surface area contributed by atoms with E-state index in [1.807, 2.05) is 32.9 Å². The Morgan fingerprint density at radius 1 is 1.08 bits per heavy atom. The van der Waals surface area contributed by atoms with Crippen LogP contribution >= 0.6 is 0 Å². The first kappa shape index (κ1) is 19.7. The highest BCUT2D eigenvalue weighted by Crippen LogP contribution is 2.37. The van der Waals surface area contributed by atoms with Crippen LogP contribution in [0.2, 0.25) is 13.1 Å². The van der Waals surface area contributed by atoms with Crippen LogP contribution in [0.4, 0.5) is 4.79 Å². The SMILES string of the molecule is C[Si](C)OC(c1ccc2ccn(C(=O)OC(C)(C)C)c2c1)C(C)(C)C. The van der Waals surface area contributed by atoms with Gasteiger partial charge in [-0.2, -0.15) is 0 Å². The van der Waals surface area contributed by atoms with Gasteiger partial charge >= 0.3 is 6.09 Å². The Balaban J connectivity index is 2.47. The number of benzene rings is 1. The van der Waals surface area contributed by atoms with Crippen LogP contribution in [0.25, 0.3) is 10.9 Å². The molecule has 0 aliphatic carbocycles. The van der Waals surface area contributed by atoms with Gasteiger partial charge in [0.2, 0.25) is 9.04 Å². The van der Waals surface area contributed by atoms with Crippen LogP contribution in [-0.4, -0.2) is 25.3 Å². The smallest absolute Gasteiger partial charge is 0.418 e. The lowest BCUT2D eigenvalue weighted by molar-refractivity contribution is 0.0544. The summed E-state index contributed by atoms with van der Waals surface area (Å²) in [6.45, 7) is 16.4. The molecule has 0 saturated carbocycles. The summed E-state index contributed by atoms with van der Waals surface area (Å²) in [5.41, 5.74) is 1.39. The highest BCUT2D eigenvalue weighted by Gasteiger charge is 2.29. The molecule has 0 amide bonds. The van der Waals surface area contributed by atoms with Crippen LogP contribution in [-0.2, 0) is 9.16 Å². The van der Waals surface area contributed by atoms with Crippen molar-refractivity contribution in [2.24, 2.45) is 5.41 Å². The summed E-state index contributed by atoms with van der Waals surface area (Å²) in [5.74, 6) is 0. The van der Waals surface area contributed by atoms with E-state index in [2.05, 4.69) is 46.0 Å². The maximum atomic E-state index is 12.5. The van der Waals surface area contributed by atoms with E-state index in [9.17, 15) is 4.79 Å². The first-order valence-corrected chi connectivity index (χ1v) is 11.1. The fraction of sp³-hybridized carbons (Fsp3) is 0.550. The number of hydrogen-bond donors (Lipinski definition) is 0. The minimum absolute atomic E-state index is 0.0113. The van der Waals surface area contributed by atoms with Crippen molar-refractivity contribution in [1.29, 1.82) is 0 Å². The van der Waals surface area contributed by atoms with Crippen molar-refractivity contribution in [3.63, 3.8) is 0 Å². The van der Waals surface area contributed by atoms with E-state index in [4.69, 9.17) is 9.16 Å². The van der Waals surface area contributed by atoms with Crippen molar-refractivity contribution < 1.29 is 14.0 Å². The molecule has 0 fully saturated rings. The standard InChI is InChI=1S/C20H30NO3Si/c1-19(2,3)17(24-25(7)8)15-10-9-14-11-12-21(16(14)13-15)18(22)23-20(4,5)6/h9-13,17H,1-8H3. The fourth-order valence-corrected chi connectivity index (χ4v) is 3.72. The van der Waals surface area contributed by atoms with Crippen molar-refractivity contribution in [2.75, 3.05) is 0 Å². The van der Waals surface area contributed by atoms with Crippen molar-refractivity contribution in [3.05, 3.63) is 36.0 Å². The maximum Gasteiger partial charge on any atom is 0.418 e. The highest BCUT2D eigenvalue weighted by molar-refractivity contribution is 6.48. The number of carbonyl (C=O) groups is 1. The van der Waals surface area contributed by atoms with Gasteiger partial charge in [-0.05, 0) is 57.0 Å². The zero-order valence-electron chi connectivity index (χ0n) is 16.6. The molecule has 137 valence electrons. The van der Waals surface area contributed by atoms with Gasteiger partial charge in [-0.15, -0.1) is 0 Å². The normalized spacial score (nSPS) is 14.1. The van der Waals surface area contributed by atoms with E-state index in [0.717, 1.165) is 16.5 Å². The summed E-state index contributed by atoms with van der Waals surface area (Å²) in [4.78, 5) is 12.5. The molecule has 0 aliphatic rings. The van der Waals surface area contributed by atoms with Crippen molar-refractivity contribution >= 4 is 26.0 Å². The van der Waals surface area contributed by atoms with Gasteiger partial charge in [-0.25, -0.2) is 4.79 Å². The molecule has 0 bridgehead atoms. The third kappa shape index (κ3) is 4.95. The third-order valence-electron chi connectivity index (χ3n) is 3.75. The number of nitrogens with zero attached hydrogens (tertiary/aromatic N) is 1. The molecule has 2 rings (SSSR count). The average Bonchev–Trinajstić information content (AvgIpc) is 2.84. The van der Waals surface area contributed by atoms with Crippen LogP contribution in [0.5, 0.6) is 0 Å². The Morgan fingerprint density at radius 2 is 1.72 bits per heavy atom. The molecule has 0 spiro atoms. The summed E-state index contributed by atoms with van der Waals surface area (Å²) in [5, 5.41) is 1.01. The van der Waals surface area contributed by atoms with Crippen LogP contribution in [0, 0.1) is 5.41 Å². The summed E-state index contributed by atoms with van der Waals surface area (Å²) in [7, 11) is -0.850. The molecule has 5 heteroatoms. The van der Waals surface area contributed by atoms with Gasteiger partial charge in [0.05, 0.1) is 11.6 Å². The third-order valence-corrected chi connectivity index (χ3v) is 4.46. The molecule has 1 unspecified atom stereocenters. The summed E-state index contributed by atoms with van der Waals surface area (Å²) in [6.07, 6.45) is 1.40. The molecule has 4 nitrogen and oxygen atoms in total. The second kappa shape index (κ2) is 6.96. The van der Waals surface area contributed by atoms with Gasteiger partial charge in [-0.1, -0.05) is 32.9 Å². The lowest BCUT2D eigenvalue weighted by atomic mass is 9.84. The number of rotatable bonds is 3. The van der Waals surface area contributed by atoms with Crippen LogP contribution in [0.1, 0.15) is 53.2 Å². The molecule has 1 heterocycles. The van der Waals surface area contributed by atoms with E-state index >= 15 is 0 Å². The molecule has 2 aromatic rings. The van der Waals surface area contributed by atoms with Crippen LogP contribution in [0.3, 0.4) is 0 Å². The van der Waals surface area contributed by atoms with Crippen molar-refractivity contribution in [2.45, 2.75) is 66.3 Å². The Bertz CT molecular complexity index is 750. The Morgan fingerprint density at radius 3 is 2.24 bits per heavy atom. The van der Waals surface area contributed by atoms with Gasteiger partial charge in [0.1, 0.15) is 5.60 Å². The largest absolute Gasteiger partial charge is 0.443 e. The molecular formula is C20H30NO3Si. The van der Waals surface area contributed by atoms with E-state index < -0.39 is 14.6 Å². The van der Waals surface area contributed by atoms with Gasteiger partial charge < -0.3 is 9.16 Å². The lowest BCUT2D eigenvalue weighted by Crippen LogP contribution is -2.27. The Labute approximate surface area is 152 Å². The average molecular weight is 361 g/mol. The minimum Gasteiger partial charge on any atom is -0.443 e. The molecule has 1 atom stereocenters. The summed E-state index contributed by atoms with van der Waals surface area (Å²) >= 11 is 0. The first-order valence-electron chi connectivity index (χ1n) is 8.70. The molecule has 0 aliphatic heterocycles. The van der Waals surface area contributed by atoms with Crippen molar-refractivity contribution in [3.8, 4) is 0 Å². The topological polar surface area (TPSA) is 40.5 Å². The van der Waals surface area contributed by atoms with Crippen LogP contribution in [0.15, 0.2) is 30.5 Å². The van der Waals surface area contributed by atoms with Gasteiger partial charge in [-0.3, -0.25) is 4.57 Å². The highest BCUT2D eigenvalue weighted by atomic mass is 28.3. The molecular weight excluding hydrogens is 330 g/mol. The van der Waals surface area contributed by atoms with E-state index in [1.165, 1.54) is 0 Å². The van der Waals surface area contributed by atoms with Gasteiger partial charge in [0.15, 0.2) is 0 Å². The lowest BCUT2D eigenvalue weighted by Gasteiger charge is -2.33. The predicted octanol–water partition coefficient (Wildman–Crippen LogP) is 5.78. The summed E-state index contributed by atoms with van der Waals surface area (Å²) < 4.78 is 13.4. The molecule has 1 radical (unpaired) electrons. The zero-order chi connectivity index (χ0) is 19.0. The van der Waals surface area contributed by atoms with E-state index in [-0.39, 0.29) is 17.6 Å². The zero-order valence-corrected chi connectivity index (χ0v) is 17.6. The Kier molecular flexibility index (Phi) is 5.49. The minimum atomic E-state index is -0.850. The first-order chi connectivity index (χ1) is 11.4. The van der Waals surface area contributed by atoms with Gasteiger partial charge in [0.25, 0.3) is 0 Å². The maximum absolute atomic E-state index is 12.5. The number of ether oxygens (including phenoxy) is 1. The van der Waals surface area contributed by atoms with Crippen LogP contribution < -0.4 is 0 Å². The number of carbonyl (C=O) groups excluding carboxylic acids is 1. The van der Waals surface area contributed by atoms with Crippen molar-refractivity contribution in [1.82, 2.24) is 4.57 Å².